The molecule has 4 nitrogen and oxygen atoms in total. The van der Waals surface area contributed by atoms with Crippen molar-refractivity contribution in [2.75, 3.05) is 0 Å². The lowest BCUT2D eigenvalue weighted by Crippen LogP contribution is -1.84. The van der Waals surface area contributed by atoms with Gasteiger partial charge >= 0.3 is 0 Å². The molecule has 4 rings (SSSR count). The minimum absolute atomic E-state index is 0.0840. The van der Waals surface area contributed by atoms with E-state index in [1.165, 1.54) is 12.3 Å². The largest absolute Gasteiger partial charge is 0.506 e. The standard InChI is InChI=1S/C20H10Cl4N2O2/c21-12-5-11(19(27)16(24)7-12)9-25-13-2-4-18-17(8-13)26-20(28-18)10-1-3-14(22)15(23)6-10/h1-9,27H. The first-order valence-corrected chi connectivity index (χ1v) is 9.50. The summed E-state index contributed by atoms with van der Waals surface area (Å²) in [4.78, 5) is 8.84. The molecule has 4 aromatic rings. The minimum Gasteiger partial charge on any atom is -0.506 e. The number of fused-ring (bicyclic) bond motifs is 1. The number of hydrogen-bond donors (Lipinski definition) is 1. The van der Waals surface area contributed by atoms with E-state index in [0.29, 0.717) is 48.9 Å². The number of aliphatic imine (C=N–C) groups is 1. The van der Waals surface area contributed by atoms with Crippen LogP contribution < -0.4 is 0 Å². The highest BCUT2D eigenvalue weighted by Crippen LogP contribution is 2.32. The zero-order valence-corrected chi connectivity index (χ0v) is 17.0. The van der Waals surface area contributed by atoms with Gasteiger partial charge in [0.15, 0.2) is 5.58 Å². The van der Waals surface area contributed by atoms with E-state index in [0.717, 1.165) is 0 Å². The number of benzene rings is 3. The molecule has 1 aromatic heterocycles. The number of rotatable bonds is 3. The third-order valence-electron chi connectivity index (χ3n) is 3.95. The van der Waals surface area contributed by atoms with Crippen LogP contribution in [0.3, 0.4) is 0 Å². The number of nitrogens with zero attached hydrogens (tertiary/aromatic N) is 2. The summed E-state index contributed by atoms with van der Waals surface area (Å²) in [5.74, 6) is 0.341. The van der Waals surface area contributed by atoms with Crippen LogP contribution in [0.1, 0.15) is 5.56 Å². The number of aromatic nitrogens is 1. The van der Waals surface area contributed by atoms with Crippen molar-refractivity contribution in [3.63, 3.8) is 0 Å². The molecule has 140 valence electrons. The predicted octanol–water partition coefficient (Wildman–Crippen LogP) is 7.56. The summed E-state index contributed by atoms with van der Waals surface area (Å²) in [6.07, 6.45) is 1.48. The van der Waals surface area contributed by atoms with Gasteiger partial charge in [-0.2, -0.15) is 0 Å². The van der Waals surface area contributed by atoms with Gasteiger partial charge in [-0.05, 0) is 48.5 Å². The summed E-state index contributed by atoms with van der Waals surface area (Å²) in [7, 11) is 0. The van der Waals surface area contributed by atoms with Crippen molar-refractivity contribution in [1.82, 2.24) is 4.98 Å². The van der Waals surface area contributed by atoms with Crippen molar-refractivity contribution >= 4 is 69.4 Å². The van der Waals surface area contributed by atoms with Gasteiger partial charge in [0.05, 0.1) is 20.8 Å². The van der Waals surface area contributed by atoms with Gasteiger partial charge in [0.1, 0.15) is 11.3 Å². The third-order valence-corrected chi connectivity index (χ3v) is 5.19. The lowest BCUT2D eigenvalue weighted by atomic mass is 10.2. The number of phenols is 1. The zero-order valence-electron chi connectivity index (χ0n) is 14.0. The van der Waals surface area contributed by atoms with Crippen molar-refractivity contribution in [3.05, 3.63) is 74.2 Å². The first-order chi connectivity index (χ1) is 13.4. The van der Waals surface area contributed by atoms with E-state index in [9.17, 15) is 5.11 Å². The van der Waals surface area contributed by atoms with Crippen LogP contribution in [-0.2, 0) is 0 Å². The highest BCUT2D eigenvalue weighted by Gasteiger charge is 2.11. The molecule has 0 aliphatic heterocycles. The van der Waals surface area contributed by atoms with Gasteiger partial charge in [0.25, 0.3) is 0 Å². The average Bonchev–Trinajstić information content (AvgIpc) is 3.09. The van der Waals surface area contributed by atoms with Gasteiger partial charge in [0.2, 0.25) is 5.89 Å². The topological polar surface area (TPSA) is 58.6 Å². The van der Waals surface area contributed by atoms with Crippen LogP contribution in [0.2, 0.25) is 20.1 Å². The molecule has 1 heterocycles. The van der Waals surface area contributed by atoms with Gasteiger partial charge in [-0.1, -0.05) is 46.4 Å². The molecular weight excluding hydrogens is 442 g/mol. The molecule has 0 amide bonds. The number of oxazole rings is 1. The Balaban J connectivity index is 1.68. The number of halogens is 4. The molecule has 1 N–H and O–H groups in total. The van der Waals surface area contributed by atoms with E-state index in [-0.39, 0.29) is 10.8 Å². The predicted molar refractivity (Wildman–Crippen MR) is 115 cm³/mol. The van der Waals surface area contributed by atoms with E-state index in [4.69, 9.17) is 50.8 Å². The van der Waals surface area contributed by atoms with Crippen LogP contribution in [0, 0.1) is 0 Å². The fourth-order valence-electron chi connectivity index (χ4n) is 2.58. The van der Waals surface area contributed by atoms with Gasteiger partial charge in [0, 0.05) is 22.4 Å². The van der Waals surface area contributed by atoms with Crippen molar-refractivity contribution in [3.8, 4) is 17.2 Å². The number of hydrogen-bond acceptors (Lipinski definition) is 4. The Morgan fingerprint density at radius 3 is 2.50 bits per heavy atom. The highest BCUT2D eigenvalue weighted by molar-refractivity contribution is 6.42. The van der Waals surface area contributed by atoms with Crippen molar-refractivity contribution in [1.29, 1.82) is 0 Å². The summed E-state index contributed by atoms with van der Waals surface area (Å²) in [6, 6.07) is 13.5. The summed E-state index contributed by atoms with van der Waals surface area (Å²) in [5, 5.41) is 11.5. The normalized spacial score (nSPS) is 11.6. The fourth-order valence-corrected chi connectivity index (χ4v) is 3.38. The summed E-state index contributed by atoms with van der Waals surface area (Å²) < 4.78 is 5.78. The first kappa shape index (κ1) is 19.1. The Kier molecular flexibility index (Phi) is 5.21. The Labute approximate surface area is 180 Å². The maximum atomic E-state index is 10.0. The molecule has 0 atom stereocenters. The molecule has 0 saturated carbocycles. The fraction of sp³-hybridized carbons (Fsp3) is 0. The van der Waals surface area contributed by atoms with E-state index in [1.54, 1.807) is 42.5 Å². The molecule has 0 fully saturated rings. The minimum atomic E-state index is -0.0840. The number of aromatic hydroxyl groups is 1. The van der Waals surface area contributed by atoms with Gasteiger partial charge < -0.3 is 9.52 Å². The Morgan fingerprint density at radius 1 is 0.893 bits per heavy atom. The van der Waals surface area contributed by atoms with Crippen LogP contribution in [0.15, 0.2) is 57.9 Å². The Morgan fingerprint density at radius 2 is 1.71 bits per heavy atom. The van der Waals surface area contributed by atoms with Crippen LogP contribution >= 0.6 is 46.4 Å². The summed E-state index contributed by atoms with van der Waals surface area (Å²) in [5.41, 5.74) is 2.98. The lowest BCUT2D eigenvalue weighted by molar-refractivity contribution is 0.475. The second kappa shape index (κ2) is 7.64. The molecule has 0 aliphatic carbocycles. The van der Waals surface area contributed by atoms with Crippen molar-refractivity contribution in [2.24, 2.45) is 4.99 Å². The van der Waals surface area contributed by atoms with Crippen molar-refractivity contribution in [2.45, 2.75) is 0 Å². The molecule has 28 heavy (non-hydrogen) atoms. The molecule has 3 aromatic carbocycles. The zero-order chi connectivity index (χ0) is 19.8. The number of phenolic OH excluding ortho intramolecular Hbond substituents is 1. The molecule has 8 heteroatoms. The van der Waals surface area contributed by atoms with Crippen molar-refractivity contribution < 1.29 is 9.52 Å². The first-order valence-electron chi connectivity index (χ1n) is 7.99. The van der Waals surface area contributed by atoms with Gasteiger partial charge in [-0.15, -0.1) is 0 Å². The lowest BCUT2D eigenvalue weighted by Gasteiger charge is -2.02. The molecule has 0 saturated heterocycles. The van der Waals surface area contributed by atoms with Crippen LogP contribution in [0.5, 0.6) is 5.75 Å². The molecule has 0 spiro atoms. The molecule has 0 unspecified atom stereocenters. The monoisotopic (exact) mass is 450 g/mol. The van der Waals surface area contributed by atoms with E-state index in [1.807, 2.05) is 0 Å². The smallest absolute Gasteiger partial charge is 0.227 e. The molecular formula is C20H10Cl4N2O2. The Bertz CT molecular complexity index is 1230. The molecule has 0 aliphatic rings. The maximum Gasteiger partial charge on any atom is 0.227 e. The van der Waals surface area contributed by atoms with Crippen LogP contribution in [0.25, 0.3) is 22.6 Å². The quantitative estimate of drug-likeness (QED) is 0.327. The summed E-state index contributed by atoms with van der Waals surface area (Å²) in [6.45, 7) is 0. The maximum absolute atomic E-state index is 10.0. The van der Waals surface area contributed by atoms with E-state index < -0.39 is 0 Å². The second-order valence-electron chi connectivity index (χ2n) is 5.88. The Hall–Kier alpha value is -2.24. The molecule has 0 radical (unpaired) electrons. The van der Waals surface area contributed by atoms with Gasteiger partial charge in [-0.3, -0.25) is 4.99 Å². The highest BCUT2D eigenvalue weighted by atomic mass is 35.5. The average molecular weight is 452 g/mol. The van der Waals surface area contributed by atoms with Gasteiger partial charge in [-0.25, -0.2) is 4.98 Å². The van der Waals surface area contributed by atoms with E-state index in [2.05, 4.69) is 9.98 Å². The SMILES string of the molecule is Oc1c(Cl)cc(Cl)cc1C=Nc1ccc2oc(-c3ccc(Cl)c(Cl)c3)nc2c1. The second-order valence-corrected chi connectivity index (χ2v) is 7.54. The van der Waals surface area contributed by atoms with E-state index >= 15 is 0 Å². The van der Waals surface area contributed by atoms with Crippen LogP contribution in [0.4, 0.5) is 5.69 Å². The third kappa shape index (κ3) is 3.82. The molecule has 0 bridgehead atoms. The van der Waals surface area contributed by atoms with Crippen LogP contribution in [-0.4, -0.2) is 16.3 Å². The summed E-state index contributed by atoms with van der Waals surface area (Å²) >= 11 is 23.9.